The van der Waals surface area contributed by atoms with E-state index < -0.39 is 0 Å². The Morgan fingerprint density at radius 2 is 1.14 bits per heavy atom. The molecule has 0 aliphatic heterocycles. The number of rotatable bonds is 2. The van der Waals surface area contributed by atoms with Crippen molar-refractivity contribution in [1.29, 1.82) is 0 Å². The van der Waals surface area contributed by atoms with Gasteiger partial charge in [0.2, 0.25) is 0 Å². The van der Waals surface area contributed by atoms with Gasteiger partial charge in [0.15, 0.2) is 0 Å². The summed E-state index contributed by atoms with van der Waals surface area (Å²) in [5.74, 6) is 0. The van der Waals surface area contributed by atoms with Crippen molar-refractivity contribution < 1.29 is 20.1 Å². The average Bonchev–Trinajstić information content (AvgIpc) is 2.95. The molecule has 0 bridgehead atoms. The van der Waals surface area contributed by atoms with Crippen LogP contribution in [0.2, 0.25) is 0 Å². The summed E-state index contributed by atoms with van der Waals surface area (Å²) in [7, 11) is 0. The standard InChI is InChI=1S/C27H36N.C11H8N.CH4.Ir/c1-24(2)11-12-25(3,4)20-15-18(9-10-19(20)24)23-16-21-22(17-28-23)27(7,8)14-13-26(21,5)6;1-2-6-10(7-3-1)11-8-4-5-9-12-11;;/h10,15-17H,11-14H2,1-8H3;1-6,8-9H;1H4;/q2*-1;;. The number of fused-ring (bicyclic) bond motifs is 2. The van der Waals surface area contributed by atoms with Crippen LogP contribution in [0.15, 0.2) is 73.1 Å². The second-order valence-electron chi connectivity index (χ2n) is 14.3. The third-order valence-electron chi connectivity index (χ3n) is 9.45. The van der Waals surface area contributed by atoms with Crippen molar-refractivity contribution in [1.82, 2.24) is 9.97 Å². The third-order valence-corrected chi connectivity index (χ3v) is 9.45. The minimum atomic E-state index is 0. The number of aromatic nitrogens is 2. The maximum atomic E-state index is 4.93. The van der Waals surface area contributed by atoms with Gasteiger partial charge in [0, 0.05) is 32.5 Å². The first-order chi connectivity index (χ1) is 18.8. The number of hydrogen-bond acceptors (Lipinski definition) is 2. The van der Waals surface area contributed by atoms with Crippen molar-refractivity contribution in [3.63, 3.8) is 0 Å². The summed E-state index contributed by atoms with van der Waals surface area (Å²) in [5.41, 5.74) is 10.9. The predicted octanol–water partition coefficient (Wildman–Crippen LogP) is 10.4. The smallest absolute Gasteiger partial charge is 0.0201 e. The van der Waals surface area contributed by atoms with Crippen molar-refractivity contribution in [2.45, 2.75) is 110 Å². The van der Waals surface area contributed by atoms with E-state index in [1.165, 1.54) is 47.9 Å². The van der Waals surface area contributed by atoms with Gasteiger partial charge < -0.3 is 9.97 Å². The van der Waals surface area contributed by atoms with Gasteiger partial charge in [-0.05, 0) is 69.5 Å². The van der Waals surface area contributed by atoms with Gasteiger partial charge in [0.25, 0.3) is 0 Å². The van der Waals surface area contributed by atoms with Crippen LogP contribution in [0.4, 0.5) is 0 Å². The molecule has 1 radical (unpaired) electrons. The molecule has 225 valence electrons. The first-order valence-corrected chi connectivity index (χ1v) is 14.8. The van der Waals surface area contributed by atoms with Gasteiger partial charge >= 0.3 is 0 Å². The van der Waals surface area contributed by atoms with E-state index in [9.17, 15) is 0 Å². The molecule has 0 saturated carbocycles. The van der Waals surface area contributed by atoms with E-state index in [0.29, 0.717) is 0 Å². The first-order valence-electron chi connectivity index (χ1n) is 14.8. The molecule has 2 aromatic carbocycles. The molecule has 0 spiro atoms. The maximum absolute atomic E-state index is 4.93. The summed E-state index contributed by atoms with van der Waals surface area (Å²) in [6.07, 6.45) is 8.85. The van der Waals surface area contributed by atoms with Crippen LogP contribution in [0.1, 0.15) is 111 Å². The van der Waals surface area contributed by atoms with Crippen LogP contribution in [0, 0.1) is 12.1 Å². The van der Waals surface area contributed by atoms with E-state index in [-0.39, 0.29) is 49.2 Å². The van der Waals surface area contributed by atoms with E-state index >= 15 is 0 Å². The Bertz CT molecular complexity index is 1370. The molecule has 6 rings (SSSR count). The molecule has 0 atom stereocenters. The average molecular weight is 737 g/mol. The van der Waals surface area contributed by atoms with Gasteiger partial charge in [0.05, 0.1) is 0 Å². The van der Waals surface area contributed by atoms with Gasteiger partial charge in [-0.25, -0.2) is 0 Å². The molecule has 3 heteroatoms. The number of hydrogen-bond donors (Lipinski definition) is 0. The van der Waals surface area contributed by atoms with Crippen molar-refractivity contribution >= 4 is 0 Å². The monoisotopic (exact) mass is 737 g/mol. The molecule has 2 aliphatic rings. The summed E-state index contributed by atoms with van der Waals surface area (Å²) in [6, 6.07) is 27.4. The van der Waals surface area contributed by atoms with E-state index in [1.54, 1.807) is 6.20 Å². The predicted molar refractivity (Wildman–Crippen MR) is 174 cm³/mol. The summed E-state index contributed by atoms with van der Waals surface area (Å²) in [5, 5.41) is 0. The molecular weight excluding hydrogens is 689 g/mol. The van der Waals surface area contributed by atoms with Gasteiger partial charge in [0.1, 0.15) is 0 Å². The minimum Gasteiger partial charge on any atom is -0.305 e. The molecule has 2 nitrogen and oxygen atoms in total. The van der Waals surface area contributed by atoms with Crippen molar-refractivity contribution in [3.05, 3.63) is 107 Å². The number of nitrogens with zero attached hydrogens (tertiary/aromatic N) is 2. The minimum absolute atomic E-state index is 0. The fourth-order valence-corrected chi connectivity index (χ4v) is 6.32. The van der Waals surface area contributed by atoms with Gasteiger partial charge in [-0.1, -0.05) is 87.4 Å². The van der Waals surface area contributed by atoms with E-state index in [2.05, 4.69) is 96.9 Å². The third kappa shape index (κ3) is 6.79. The largest absolute Gasteiger partial charge is 0.305 e. The number of pyridine rings is 2. The van der Waals surface area contributed by atoms with E-state index in [0.717, 1.165) is 22.5 Å². The quantitative estimate of drug-likeness (QED) is 0.192. The SMILES string of the molecule is C.CC1(C)CCC(C)(C)c2cc(-c3cc4c(cn3)C(C)(C)CCC4(C)C)[c-]cc21.[Ir].[c-]1ccccc1-c1ccccn1. The Kier molecular flexibility index (Phi) is 10.1. The van der Waals surface area contributed by atoms with Crippen LogP contribution >= 0.6 is 0 Å². The van der Waals surface area contributed by atoms with Crippen molar-refractivity contribution in [2.75, 3.05) is 0 Å². The maximum Gasteiger partial charge on any atom is 0.0201 e. The molecule has 0 unspecified atom stereocenters. The Morgan fingerprint density at radius 1 is 0.571 bits per heavy atom. The summed E-state index contributed by atoms with van der Waals surface area (Å²) in [4.78, 5) is 9.14. The zero-order valence-corrected chi connectivity index (χ0v) is 28.4. The Balaban J connectivity index is 0.000000291. The van der Waals surface area contributed by atoms with Gasteiger partial charge in [-0.2, -0.15) is 0 Å². The molecule has 0 amide bonds. The molecule has 2 aromatic heterocycles. The Labute approximate surface area is 269 Å². The van der Waals surface area contributed by atoms with Gasteiger partial charge in [-0.15, -0.1) is 70.8 Å². The molecule has 2 heterocycles. The fraction of sp³-hybridized carbons (Fsp3) is 0.436. The Morgan fingerprint density at radius 3 is 1.71 bits per heavy atom. The van der Waals surface area contributed by atoms with Crippen LogP contribution in [-0.2, 0) is 41.8 Å². The van der Waals surface area contributed by atoms with Crippen LogP contribution in [0.5, 0.6) is 0 Å². The van der Waals surface area contributed by atoms with E-state index in [1.807, 2.05) is 42.5 Å². The Hall–Kier alpha value is -2.61. The topological polar surface area (TPSA) is 25.8 Å². The number of benzene rings is 2. The fourth-order valence-electron chi connectivity index (χ4n) is 6.32. The van der Waals surface area contributed by atoms with Gasteiger partial charge in [-0.3, -0.25) is 0 Å². The summed E-state index contributed by atoms with van der Waals surface area (Å²) >= 11 is 0. The summed E-state index contributed by atoms with van der Waals surface area (Å²) in [6.45, 7) is 19.0. The first kappa shape index (κ1) is 33.9. The molecular formula is C39H48IrN2-2. The van der Waals surface area contributed by atoms with Crippen molar-refractivity contribution in [2.24, 2.45) is 0 Å². The van der Waals surface area contributed by atoms with Crippen LogP contribution < -0.4 is 0 Å². The second kappa shape index (κ2) is 12.6. The normalized spacial score (nSPS) is 18.5. The molecule has 2 aliphatic carbocycles. The zero-order valence-electron chi connectivity index (χ0n) is 26.0. The molecule has 0 N–H and O–H groups in total. The zero-order chi connectivity index (χ0) is 28.8. The molecule has 0 saturated heterocycles. The summed E-state index contributed by atoms with van der Waals surface area (Å²) < 4.78 is 0. The van der Waals surface area contributed by atoms with Crippen molar-refractivity contribution in [3.8, 4) is 22.5 Å². The second-order valence-corrected chi connectivity index (χ2v) is 14.3. The van der Waals surface area contributed by atoms with Crippen LogP contribution in [0.3, 0.4) is 0 Å². The molecule has 42 heavy (non-hydrogen) atoms. The molecule has 4 aromatic rings. The van der Waals surface area contributed by atoms with Crippen LogP contribution in [-0.4, -0.2) is 9.97 Å². The molecule has 0 fully saturated rings. The van der Waals surface area contributed by atoms with Crippen LogP contribution in [0.25, 0.3) is 22.5 Å². The van der Waals surface area contributed by atoms with E-state index in [4.69, 9.17) is 4.98 Å².